The summed E-state index contributed by atoms with van der Waals surface area (Å²) in [6.45, 7) is 1.44. The lowest BCUT2D eigenvalue weighted by molar-refractivity contribution is -0.143. The van der Waals surface area contributed by atoms with Gasteiger partial charge < -0.3 is 5.11 Å². The molecule has 4 atom stereocenters. The number of Topliss-reactive ketones (excluding diaryl/α,β-unsaturated/α-hetero) is 1. The molecular weight excluding hydrogens is 616 g/mol. The molecule has 4 aliphatic rings. The van der Waals surface area contributed by atoms with Crippen molar-refractivity contribution in [2.45, 2.75) is 38.0 Å². The molecule has 44 heavy (non-hydrogen) atoms. The van der Waals surface area contributed by atoms with E-state index in [0.29, 0.717) is 28.2 Å². The van der Waals surface area contributed by atoms with Gasteiger partial charge >= 0.3 is 12.4 Å². The van der Waals surface area contributed by atoms with Crippen molar-refractivity contribution >= 4 is 40.7 Å². The lowest BCUT2D eigenvalue weighted by Crippen LogP contribution is -2.40. The number of amides is 2. The predicted molar refractivity (Wildman–Crippen MR) is 143 cm³/mol. The van der Waals surface area contributed by atoms with Gasteiger partial charge in [-0.15, -0.1) is 0 Å². The summed E-state index contributed by atoms with van der Waals surface area (Å²) >= 11 is 6.47. The summed E-state index contributed by atoms with van der Waals surface area (Å²) in [5.41, 5.74) is -3.08. The van der Waals surface area contributed by atoms with Gasteiger partial charge in [-0.3, -0.25) is 19.2 Å². The van der Waals surface area contributed by atoms with E-state index in [-0.39, 0.29) is 46.4 Å². The minimum absolute atomic E-state index is 0.0520. The fraction of sp³-hybridized carbons (Fsp3) is 0.290. The van der Waals surface area contributed by atoms with Crippen LogP contribution in [0.4, 0.5) is 32.0 Å². The Bertz CT molecular complexity index is 1750. The van der Waals surface area contributed by atoms with Crippen LogP contribution in [-0.4, -0.2) is 28.5 Å². The highest BCUT2D eigenvalue weighted by Gasteiger charge is 2.57. The molecule has 4 unspecified atom stereocenters. The predicted octanol–water partition coefficient (Wildman–Crippen LogP) is 6.72. The second-order valence-electron chi connectivity index (χ2n) is 11.2. The van der Waals surface area contributed by atoms with Crippen LogP contribution >= 0.6 is 11.6 Å². The van der Waals surface area contributed by atoms with Crippen molar-refractivity contribution in [3.8, 4) is 5.75 Å². The molecule has 1 N–H and O–H groups in total. The van der Waals surface area contributed by atoms with Gasteiger partial charge in [-0.2, -0.15) is 26.3 Å². The smallest absolute Gasteiger partial charge is 0.416 e. The SMILES string of the molecule is CC1=CC(=O)C2=C(CC3C(=CCC4C(=O)N(c5cc(C(F)(F)F)cc(C(F)(F)F)c5)C(=O)C43)C2c2ccc(O)cc2Cl)C1=O. The molecule has 13 heteroatoms. The quantitative estimate of drug-likeness (QED) is 0.171. The molecule has 228 valence electrons. The van der Waals surface area contributed by atoms with E-state index in [1.54, 1.807) is 6.08 Å². The highest BCUT2D eigenvalue weighted by molar-refractivity contribution is 6.32. The zero-order chi connectivity index (χ0) is 32.0. The first kappa shape index (κ1) is 29.9. The summed E-state index contributed by atoms with van der Waals surface area (Å²) in [6, 6.07) is 4.58. The van der Waals surface area contributed by atoms with Gasteiger partial charge in [0.1, 0.15) is 5.75 Å². The van der Waals surface area contributed by atoms with E-state index in [1.165, 1.54) is 31.2 Å². The molecule has 6 nitrogen and oxygen atoms in total. The average molecular weight is 636 g/mol. The number of fused-ring (bicyclic) bond motifs is 3. The normalized spacial score (nSPS) is 25.5. The van der Waals surface area contributed by atoms with E-state index in [2.05, 4.69) is 0 Å². The number of phenols is 1. The first-order valence-corrected chi connectivity index (χ1v) is 13.7. The molecule has 2 aromatic rings. The summed E-state index contributed by atoms with van der Waals surface area (Å²) in [5.74, 6) is -7.33. The first-order chi connectivity index (χ1) is 20.5. The number of phenolic OH excluding ortho intramolecular Hbond substituents is 1. The molecule has 0 aromatic heterocycles. The summed E-state index contributed by atoms with van der Waals surface area (Å²) in [7, 11) is 0. The van der Waals surface area contributed by atoms with Crippen molar-refractivity contribution in [2.75, 3.05) is 4.90 Å². The number of aromatic hydroxyl groups is 1. The molecule has 0 radical (unpaired) electrons. The van der Waals surface area contributed by atoms with E-state index in [9.17, 15) is 50.6 Å². The number of hydrogen-bond acceptors (Lipinski definition) is 5. The molecule has 1 saturated heterocycles. The number of ketones is 2. The van der Waals surface area contributed by atoms with Crippen LogP contribution in [0.3, 0.4) is 0 Å². The molecule has 0 saturated carbocycles. The van der Waals surface area contributed by atoms with Gasteiger partial charge in [0.25, 0.3) is 0 Å². The fourth-order valence-corrected chi connectivity index (χ4v) is 7.09. The maximum atomic E-state index is 13.9. The number of nitrogens with zero attached hydrogens (tertiary/aromatic N) is 1. The van der Waals surface area contributed by atoms with E-state index in [4.69, 9.17) is 11.6 Å². The summed E-state index contributed by atoms with van der Waals surface area (Å²) in [4.78, 5) is 54.5. The molecule has 1 heterocycles. The number of carbonyl (C=O) groups excluding carboxylic acids is 4. The minimum atomic E-state index is -5.20. The van der Waals surface area contributed by atoms with Crippen molar-refractivity contribution < 1.29 is 50.6 Å². The maximum absolute atomic E-state index is 13.9. The van der Waals surface area contributed by atoms with Gasteiger partial charge in [0.15, 0.2) is 11.6 Å². The molecular formula is C31H20ClF6NO5. The Morgan fingerprint density at radius 1 is 0.886 bits per heavy atom. The van der Waals surface area contributed by atoms with Gasteiger partial charge in [0.2, 0.25) is 11.8 Å². The molecule has 2 amide bonds. The van der Waals surface area contributed by atoms with E-state index in [1.807, 2.05) is 0 Å². The number of hydrogen-bond donors (Lipinski definition) is 1. The summed E-state index contributed by atoms with van der Waals surface area (Å²) in [6.07, 6.45) is -7.86. The Labute approximate surface area is 250 Å². The number of alkyl halides is 6. The number of allylic oxidation sites excluding steroid dienone is 6. The Kier molecular flexibility index (Phi) is 6.73. The topological polar surface area (TPSA) is 91.8 Å². The van der Waals surface area contributed by atoms with Crippen LogP contribution in [0.2, 0.25) is 5.02 Å². The lowest BCUT2D eigenvalue weighted by atomic mass is 9.59. The molecule has 3 aliphatic carbocycles. The standard InChI is InChI=1S/C31H20ClF6NO5/c1-12-6-23(41)26-21(27(12)42)11-20-17(24(26)18-3-2-16(40)10-22(18)32)4-5-19-25(20)29(44)39(28(19)43)15-8-13(30(33,34)35)7-14(9-15)31(36,37)38/h2-4,6-10,19-20,24-25,40H,5,11H2,1H3. The second-order valence-corrected chi connectivity index (χ2v) is 11.6. The minimum Gasteiger partial charge on any atom is -0.508 e. The zero-order valence-corrected chi connectivity index (χ0v) is 23.3. The highest BCUT2D eigenvalue weighted by Crippen LogP contribution is 2.56. The van der Waals surface area contributed by atoms with Crippen LogP contribution in [0.15, 0.2) is 70.8 Å². The highest BCUT2D eigenvalue weighted by atomic mass is 35.5. The van der Waals surface area contributed by atoms with E-state index < -0.39 is 76.2 Å². The number of benzene rings is 2. The van der Waals surface area contributed by atoms with Gasteiger partial charge in [-0.1, -0.05) is 29.3 Å². The average Bonchev–Trinajstić information content (AvgIpc) is 3.19. The third-order valence-electron chi connectivity index (χ3n) is 8.69. The second kappa shape index (κ2) is 9.91. The Balaban J connectivity index is 1.49. The fourth-order valence-electron chi connectivity index (χ4n) is 6.81. The van der Waals surface area contributed by atoms with Crippen LogP contribution < -0.4 is 4.90 Å². The van der Waals surface area contributed by atoms with Crippen molar-refractivity contribution in [2.24, 2.45) is 17.8 Å². The lowest BCUT2D eigenvalue weighted by Gasteiger charge is -2.42. The third-order valence-corrected chi connectivity index (χ3v) is 9.02. The summed E-state index contributed by atoms with van der Waals surface area (Å²) < 4.78 is 81.6. The van der Waals surface area contributed by atoms with Gasteiger partial charge in [-0.25, -0.2) is 4.90 Å². The molecule has 2 aromatic carbocycles. The van der Waals surface area contributed by atoms with Crippen molar-refractivity contribution in [3.05, 3.63) is 92.6 Å². The summed E-state index contributed by atoms with van der Waals surface area (Å²) in [5, 5.41) is 9.98. The van der Waals surface area contributed by atoms with Gasteiger partial charge in [0.05, 0.1) is 28.7 Å². The first-order valence-electron chi connectivity index (χ1n) is 13.3. The van der Waals surface area contributed by atoms with Crippen molar-refractivity contribution in [1.82, 2.24) is 0 Å². The Hall–Kier alpha value is -4.19. The van der Waals surface area contributed by atoms with Crippen LogP contribution in [-0.2, 0) is 31.5 Å². The molecule has 1 aliphatic heterocycles. The van der Waals surface area contributed by atoms with Gasteiger partial charge in [-0.05, 0) is 67.7 Å². The number of halogens is 7. The Morgan fingerprint density at radius 2 is 1.52 bits per heavy atom. The Morgan fingerprint density at radius 3 is 2.11 bits per heavy atom. The van der Waals surface area contributed by atoms with Crippen LogP contribution in [0.5, 0.6) is 5.75 Å². The van der Waals surface area contributed by atoms with Crippen LogP contribution in [0.25, 0.3) is 0 Å². The number of carbonyl (C=O) groups is 4. The maximum Gasteiger partial charge on any atom is 0.416 e. The number of imide groups is 1. The monoisotopic (exact) mass is 635 g/mol. The van der Waals surface area contributed by atoms with E-state index in [0.717, 1.165) is 0 Å². The van der Waals surface area contributed by atoms with Crippen LogP contribution in [0, 0.1) is 17.8 Å². The third kappa shape index (κ3) is 4.58. The zero-order valence-electron chi connectivity index (χ0n) is 22.5. The largest absolute Gasteiger partial charge is 0.508 e. The number of anilines is 1. The van der Waals surface area contributed by atoms with E-state index >= 15 is 0 Å². The van der Waals surface area contributed by atoms with Gasteiger partial charge in [0, 0.05) is 27.7 Å². The van der Waals surface area contributed by atoms with Crippen molar-refractivity contribution in [3.63, 3.8) is 0 Å². The molecule has 1 fully saturated rings. The molecule has 0 bridgehead atoms. The molecule has 6 rings (SSSR count). The number of rotatable bonds is 2. The van der Waals surface area contributed by atoms with Crippen molar-refractivity contribution in [1.29, 1.82) is 0 Å². The molecule has 0 spiro atoms. The van der Waals surface area contributed by atoms with Crippen LogP contribution in [0.1, 0.15) is 42.4 Å².